The number of ether oxygens (including phenoxy) is 3. The van der Waals surface area contributed by atoms with Crippen molar-refractivity contribution in [1.29, 1.82) is 0 Å². The van der Waals surface area contributed by atoms with Crippen molar-refractivity contribution < 1.29 is 18.6 Å². The van der Waals surface area contributed by atoms with Crippen LogP contribution in [0.2, 0.25) is 0 Å². The van der Waals surface area contributed by atoms with Gasteiger partial charge in [-0.15, -0.1) is 0 Å². The van der Waals surface area contributed by atoms with Crippen LogP contribution in [0, 0.1) is 5.82 Å². The van der Waals surface area contributed by atoms with Crippen LogP contribution in [0.25, 0.3) is 11.1 Å². The smallest absolute Gasteiger partial charge is 0.203 e. The Labute approximate surface area is 152 Å². The fourth-order valence-corrected chi connectivity index (χ4v) is 3.84. The third-order valence-electron chi connectivity index (χ3n) is 4.92. The molecule has 132 valence electrons. The highest BCUT2D eigenvalue weighted by atomic mass is 19.1. The van der Waals surface area contributed by atoms with Crippen molar-refractivity contribution in [3.05, 3.63) is 77.1 Å². The molecule has 0 spiro atoms. The Hall–Kier alpha value is -3.01. The Morgan fingerprint density at radius 3 is 2.12 bits per heavy atom. The molecule has 1 aliphatic rings. The van der Waals surface area contributed by atoms with Gasteiger partial charge in [0.15, 0.2) is 11.5 Å². The zero-order chi connectivity index (χ0) is 18.3. The van der Waals surface area contributed by atoms with E-state index in [9.17, 15) is 4.39 Å². The Morgan fingerprint density at radius 1 is 0.769 bits per heavy atom. The highest BCUT2D eigenvalue weighted by Gasteiger charge is 2.35. The first kappa shape index (κ1) is 16.5. The molecule has 1 aliphatic carbocycles. The second kappa shape index (κ2) is 6.37. The molecule has 0 saturated heterocycles. The fourth-order valence-electron chi connectivity index (χ4n) is 3.84. The summed E-state index contributed by atoms with van der Waals surface area (Å²) < 4.78 is 30.3. The molecule has 0 amide bonds. The van der Waals surface area contributed by atoms with Crippen molar-refractivity contribution in [2.45, 2.75) is 5.92 Å². The molecule has 1 unspecified atom stereocenters. The molecular weight excluding hydrogens is 331 g/mol. The van der Waals surface area contributed by atoms with E-state index in [0.29, 0.717) is 17.2 Å². The number of fused-ring (bicyclic) bond motifs is 3. The van der Waals surface area contributed by atoms with Gasteiger partial charge in [0, 0.05) is 11.5 Å². The molecule has 3 aromatic carbocycles. The Bertz CT molecular complexity index is 964. The number of hydrogen-bond donors (Lipinski definition) is 0. The summed E-state index contributed by atoms with van der Waals surface area (Å²) in [5.41, 5.74) is 5.34. The molecule has 1 atom stereocenters. The minimum Gasteiger partial charge on any atom is -0.493 e. The minimum absolute atomic E-state index is 0.0587. The maximum absolute atomic E-state index is 13.5. The second-order valence-electron chi connectivity index (χ2n) is 6.18. The molecule has 0 aromatic heterocycles. The highest BCUT2D eigenvalue weighted by molar-refractivity contribution is 5.86. The molecule has 0 heterocycles. The van der Waals surface area contributed by atoms with Gasteiger partial charge in [-0.1, -0.05) is 36.4 Å². The average molecular weight is 350 g/mol. The summed E-state index contributed by atoms with van der Waals surface area (Å²) in [4.78, 5) is 0. The van der Waals surface area contributed by atoms with E-state index in [1.165, 1.54) is 12.1 Å². The topological polar surface area (TPSA) is 27.7 Å². The van der Waals surface area contributed by atoms with Crippen molar-refractivity contribution >= 4 is 0 Å². The Balaban J connectivity index is 2.06. The third-order valence-corrected chi connectivity index (χ3v) is 4.92. The van der Waals surface area contributed by atoms with Gasteiger partial charge in [0.05, 0.1) is 21.3 Å². The van der Waals surface area contributed by atoms with Gasteiger partial charge in [0.25, 0.3) is 0 Å². The van der Waals surface area contributed by atoms with Crippen LogP contribution in [0.15, 0.2) is 54.6 Å². The molecule has 0 radical (unpaired) electrons. The lowest BCUT2D eigenvalue weighted by Gasteiger charge is -2.20. The van der Waals surface area contributed by atoms with Gasteiger partial charge in [0.2, 0.25) is 5.75 Å². The van der Waals surface area contributed by atoms with E-state index in [1.54, 1.807) is 21.3 Å². The van der Waals surface area contributed by atoms with E-state index >= 15 is 0 Å². The SMILES string of the molecule is COc1cc2c(c(OC)c1OC)C(c1ccc(F)cc1)c1ccccc1-2. The normalized spacial score (nSPS) is 14.5. The molecule has 0 bridgehead atoms. The lowest BCUT2D eigenvalue weighted by atomic mass is 9.88. The number of rotatable bonds is 4. The van der Waals surface area contributed by atoms with Gasteiger partial charge in [-0.05, 0) is 40.5 Å². The highest BCUT2D eigenvalue weighted by Crippen LogP contribution is 2.56. The zero-order valence-electron chi connectivity index (χ0n) is 14.9. The van der Waals surface area contributed by atoms with Crippen LogP contribution in [0.1, 0.15) is 22.6 Å². The van der Waals surface area contributed by atoms with Crippen molar-refractivity contribution in [3.8, 4) is 28.4 Å². The van der Waals surface area contributed by atoms with Crippen molar-refractivity contribution in [2.75, 3.05) is 21.3 Å². The lowest BCUT2D eigenvalue weighted by molar-refractivity contribution is 0.322. The first-order valence-corrected chi connectivity index (χ1v) is 8.37. The molecule has 3 nitrogen and oxygen atoms in total. The van der Waals surface area contributed by atoms with Crippen molar-refractivity contribution in [3.63, 3.8) is 0 Å². The van der Waals surface area contributed by atoms with E-state index < -0.39 is 0 Å². The summed E-state index contributed by atoms with van der Waals surface area (Å²) in [6.07, 6.45) is 0. The zero-order valence-corrected chi connectivity index (χ0v) is 14.9. The number of benzene rings is 3. The summed E-state index contributed by atoms with van der Waals surface area (Å²) in [7, 11) is 4.84. The van der Waals surface area contributed by atoms with Crippen LogP contribution in [-0.4, -0.2) is 21.3 Å². The quantitative estimate of drug-likeness (QED) is 0.518. The van der Waals surface area contributed by atoms with Crippen LogP contribution in [0.3, 0.4) is 0 Å². The van der Waals surface area contributed by atoms with Crippen LogP contribution in [0.5, 0.6) is 17.2 Å². The van der Waals surface area contributed by atoms with Crippen LogP contribution in [-0.2, 0) is 0 Å². The number of methoxy groups -OCH3 is 3. The molecule has 4 rings (SSSR count). The lowest BCUT2D eigenvalue weighted by Crippen LogP contribution is -2.04. The first-order valence-electron chi connectivity index (χ1n) is 8.37. The van der Waals surface area contributed by atoms with E-state index in [2.05, 4.69) is 12.1 Å². The van der Waals surface area contributed by atoms with Gasteiger partial charge in [-0.2, -0.15) is 0 Å². The Morgan fingerprint density at radius 2 is 1.46 bits per heavy atom. The molecular formula is C22H19FO3. The monoisotopic (exact) mass is 350 g/mol. The third kappa shape index (κ3) is 2.33. The second-order valence-corrected chi connectivity index (χ2v) is 6.18. The largest absolute Gasteiger partial charge is 0.493 e. The maximum Gasteiger partial charge on any atom is 0.203 e. The summed E-state index contributed by atoms with van der Waals surface area (Å²) in [6.45, 7) is 0. The summed E-state index contributed by atoms with van der Waals surface area (Å²) in [5.74, 6) is 1.52. The van der Waals surface area contributed by atoms with Crippen LogP contribution in [0.4, 0.5) is 4.39 Å². The predicted molar refractivity (Wildman–Crippen MR) is 98.9 cm³/mol. The molecule has 0 aliphatic heterocycles. The van der Waals surface area contributed by atoms with Gasteiger partial charge >= 0.3 is 0 Å². The van der Waals surface area contributed by atoms with Crippen LogP contribution < -0.4 is 14.2 Å². The van der Waals surface area contributed by atoms with E-state index in [4.69, 9.17) is 14.2 Å². The maximum atomic E-state index is 13.5. The predicted octanol–water partition coefficient (Wildman–Crippen LogP) is 5.01. The molecule has 0 saturated carbocycles. The van der Waals surface area contributed by atoms with Crippen LogP contribution >= 0.6 is 0 Å². The molecule has 4 heteroatoms. The van der Waals surface area contributed by atoms with E-state index in [1.807, 2.05) is 30.3 Å². The van der Waals surface area contributed by atoms with Crippen molar-refractivity contribution in [2.24, 2.45) is 0 Å². The average Bonchev–Trinajstić information content (AvgIpc) is 3.01. The van der Waals surface area contributed by atoms with Gasteiger partial charge in [0.1, 0.15) is 5.82 Å². The molecule has 0 fully saturated rings. The van der Waals surface area contributed by atoms with Gasteiger partial charge in [-0.3, -0.25) is 0 Å². The summed E-state index contributed by atoms with van der Waals surface area (Å²) >= 11 is 0. The van der Waals surface area contributed by atoms with Crippen molar-refractivity contribution in [1.82, 2.24) is 0 Å². The van der Waals surface area contributed by atoms with Gasteiger partial charge < -0.3 is 14.2 Å². The molecule has 0 N–H and O–H groups in total. The number of hydrogen-bond acceptors (Lipinski definition) is 3. The minimum atomic E-state index is -0.250. The van der Waals surface area contributed by atoms with Gasteiger partial charge in [-0.25, -0.2) is 4.39 Å². The fraction of sp³-hybridized carbons (Fsp3) is 0.182. The standard InChI is InChI=1S/C22H19FO3/c1-24-18-12-17-15-6-4-5-7-16(15)19(13-8-10-14(23)11-9-13)20(17)22(26-3)21(18)25-2/h4-12,19H,1-3H3. The molecule has 3 aromatic rings. The first-order chi connectivity index (χ1) is 12.7. The summed E-state index contributed by atoms with van der Waals surface area (Å²) in [5, 5.41) is 0. The Kier molecular flexibility index (Phi) is 4.03. The molecule has 26 heavy (non-hydrogen) atoms. The number of halogens is 1. The van der Waals surface area contributed by atoms with E-state index in [0.717, 1.165) is 27.8 Å². The summed E-state index contributed by atoms with van der Waals surface area (Å²) in [6, 6.07) is 16.8. The van der Waals surface area contributed by atoms with E-state index in [-0.39, 0.29) is 11.7 Å².